The third-order valence-corrected chi connectivity index (χ3v) is 4.16. The van der Waals surface area contributed by atoms with Gasteiger partial charge in [-0.15, -0.1) is 0 Å². The molecule has 0 spiro atoms. The van der Waals surface area contributed by atoms with Crippen molar-refractivity contribution >= 4 is 11.9 Å². The SMILES string of the molecule is N#CCCN(Cc1ccco1)C(=O)COC(=O)c1ccc(COc2ccc(F)cc2)o1. The van der Waals surface area contributed by atoms with Gasteiger partial charge in [-0.2, -0.15) is 5.26 Å². The van der Waals surface area contributed by atoms with E-state index in [4.69, 9.17) is 23.6 Å². The highest BCUT2D eigenvalue weighted by Crippen LogP contribution is 2.16. The molecular weight excluding hydrogens is 407 g/mol. The topological polar surface area (TPSA) is 106 Å². The number of benzene rings is 1. The van der Waals surface area contributed by atoms with Gasteiger partial charge in [0.25, 0.3) is 5.91 Å². The van der Waals surface area contributed by atoms with Gasteiger partial charge in [0, 0.05) is 6.54 Å². The number of furan rings is 2. The zero-order valence-electron chi connectivity index (χ0n) is 16.5. The molecule has 0 aliphatic carbocycles. The molecule has 9 heteroatoms. The first-order valence-corrected chi connectivity index (χ1v) is 9.36. The van der Waals surface area contributed by atoms with Crippen LogP contribution in [-0.4, -0.2) is 29.9 Å². The lowest BCUT2D eigenvalue weighted by Gasteiger charge is -2.20. The third-order valence-electron chi connectivity index (χ3n) is 4.16. The summed E-state index contributed by atoms with van der Waals surface area (Å²) in [5.74, 6) is -0.376. The number of carbonyl (C=O) groups excluding carboxylic acids is 2. The molecule has 1 aromatic carbocycles. The molecule has 1 amide bonds. The summed E-state index contributed by atoms with van der Waals surface area (Å²) in [7, 11) is 0. The number of rotatable bonds is 10. The van der Waals surface area contributed by atoms with Crippen molar-refractivity contribution in [3.63, 3.8) is 0 Å². The van der Waals surface area contributed by atoms with E-state index in [2.05, 4.69) is 0 Å². The van der Waals surface area contributed by atoms with Gasteiger partial charge in [-0.1, -0.05) is 0 Å². The summed E-state index contributed by atoms with van der Waals surface area (Å²) in [5, 5.41) is 8.78. The number of nitrogens with zero attached hydrogens (tertiary/aromatic N) is 2. The van der Waals surface area contributed by atoms with Crippen molar-refractivity contribution in [3.8, 4) is 11.8 Å². The first-order valence-electron chi connectivity index (χ1n) is 9.36. The van der Waals surface area contributed by atoms with Gasteiger partial charge in [0.1, 0.15) is 29.7 Å². The zero-order chi connectivity index (χ0) is 22.1. The second-order valence-corrected chi connectivity index (χ2v) is 6.39. The molecule has 31 heavy (non-hydrogen) atoms. The number of halogens is 1. The number of esters is 1. The summed E-state index contributed by atoms with van der Waals surface area (Å²) in [5.41, 5.74) is 0. The first kappa shape index (κ1) is 21.6. The van der Waals surface area contributed by atoms with E-state index in [1.807, 2.05) is 6.07 Å². The Labute approximate surface area is 177 Å². The number of amides is 1. The Morgan fingerprint density at radius 2 is 1.90 bits per heavy atom. The third kappa shape index (κ3) is 6.47. The molecule has 3 rings (SSSR count). The summed E-state index contributed by atoms with van der Waals surface area (Å²) in [6.07, 6.45) is 1.62. The summed E-state index contributed by atoms with van der Waals surface area (Å²) in [6, 6.07) is 13.8. The van der Waals surface area contributed by atoms with Crippen molar-refractivity contribution < 1.29 is 32.3 Å². The molecule has 0 N–H and O–H groups in total. The molecule has 0 radical (unpaired) electrons. The van der Waals surface area contributed by atoms with Crippen molar-refractivity contribution in [1.82, 2.24) is 4.90 Å². The maximum atomic E-state index is 12.9. The number of hydrogen-bond donors (Lipinski definition) is 0. The standard InChI is InChI=1S/C22H19FN2O6/c23-16-4-6-17(7-5-16)29-14-19-8-9-20(31-19)22(27)30-15-21(26)25(11-2-10-24)13-18-3-1-12-28-18/h1,3-9,12H,2,11,13-15H2. The summed E-state index contributed by atoms with van der Waals surface area (Å²) < 4.78 is 34.0. The van der Waals surface area contributed by atoms with Crippen LogP contribution in [0.15, 0.2) is 63.6 Å². The van der Waals surface area contributed by atoms with E-state index in [9.17, 15) is 14.0 Å². The van der Waals surface area contributed by atoms with Crippen LogP contribution in [0.2, 0.25) is 0 Å². The Balaban J connectivity index is 1.50. The van der Waals surface area contributed by atoms with E-state index >= 15 is 0 Å². The van der Waals surface area contributed by atoms with Gasteiger partial charge in [0.15, 0.2) is 6.61 Å². The molecule has 0 aliphatic rings. The minimum absolute atomic E-state index is 0.0307. The minimum atomic E-state index is -0.806. The van der Waals surface area contributed by atoms with Crippen LogP contribution in [0.3, 0.4) is 0 Å². The van der Waals surface area contributed by atoms with Crippen molar-refractivity contribution in [1.29, 1.82) is 5.26 Å². The molecule has 8 nitrogen and oxygen atoms in total. The fourth-order valence-corrected chi connectivity index (χ4v) is 2.61. The molecule has 160 valence electrons. The van der Waals surface area contributed by atoms with Crippen LogP contribution >= 0.6 is 0 Å². The molecule has 3 aromatic rings. The minimum Gasteiger partial charge on any atom is -0.486 e. The van der Waals surface area contributed by atoms with Crippen molar-refractivity contribution in [2.24, 2.45) is 0 Å². The van der Waals surface area contributed by atoms with E-state index in [0.717, 1.165) is 0 Å². The number of hydrogen-bond acceptors (Lipinski definition) is 7. The summed E-state index contributed by atoms with van der Waals surface area (Å²) >= 11 is 0. The van der Waals surface area contributed by atoms with Crippen LogP contribution in [0.1, 0.15) is 28.5 Å². The van der Waals surface area contributed by atoms with E-state index < -0.39 is 18.5 Å². The lowest BCUT2D eigenvalue weighted by atomic mass is 10.3. The van der Waals surface area contributed by atoms with Crippen LogP contribution in [0.4, 0.5) is 4.39 Å². The van der Waals surface area contributed by atoms with Crippen LogP contribution in [0.25, 0.3) is 0 Å². The van der Waals surface area contributed by atoms with E-state index in [0.29, 0.717) is 17.3 Å². The highest BCUT2D eigenvalue weighted by molar-refractivity contribution is 5.88. The van der Waals surface area contributed by atoms with E-state index in [1.165, 1.54) is 47.6 Å². The maximum Gasteiger partial charge on any atom is 0.374 e. The predicted octanol–water partition coefficient (Wildman–Crippen LogP) is 3.69. The van der Waals surface area contributed by atoms with Crippen LogP contribution in [-0.2, 0) is 22.7 Å². The number of nitriles is 1. The Hall–Kier alpha value is -4.06. The lowest BCUT2D eigenvalue weighted by molar-refractivity contribution is -0.135. The van der Waals surface area contributed by atoms with Crippen molar-refractivity contribution in [2.45, 2.75) is 19.6 Å². The smallest absolute Gasteiger partial charge is 0.374 e. The maximum absolute atomic E-state index is 12.9. The second-order valence-electron chi connectivity index (χ2n) is 6.39. The molecular formula is C22H19FN2O6. The fourth-order valence-electron chi connectivity index (χ4n) is 2.61. The monoisotopic (exact) mass is 426 g/mol. The lowest BCUT2D eigenvalue weighted by Crippen LogP contribution is -2.34. The highest BCUT2D eigenvalue weighted by Gasteiger charge is 2.19. The van der Waals surface area contributed by atoms with Gasteiger partial charge in [0.2, 0.25) is 5.76 Å². The summed E-state index contributed by atoms with van der Waals surface area (Å²) in [6.45, 7) is -0.133. The molecule has 0 bridgehead atoms. The second kappa shape index (κ2) is 10.6. The van der Waals surface area contributed by atoms with Crippen LogP contribution in [0, 0.1) is 17.1 Å². The molecule has 0 fully saturated rings. The Kier molecular flexibility index (Phi) is 7.43. The fraction of sp³-hybridized carbons (Fsp3) is 0.227. The van der Waals surface area contributed by atoms with Gasteiger partial charge < -0.3 is 23.2 Å². The van der Waals surface area contributed by atoms with Crippen molar-refractivity contribution in [3.05, 3.63) is 77.9 Å². The predicted molar refractivity (Wildman–Crippen MR) is 104 cm³/mol. The quantitative estimate of drug-likeness (QED) is 0.455. The molecule has 0 aliphatic heterocycles. The van der Waals surface area contributed by atoms with Gasteiger partial charge in [0.05, 0.1) is 25.3 Å². The first-order chi connectivity index (χ1) is 15.0. The van der Waals surface area contributed by atoms with Gasteiger partial charge in [-0.25, -0.2) is 9.18 Å². The largest absolute Gasteiger partial charge is 0.486 e. The molecule has 2 heterocycles. The average Bonchev–Trinajstić information content (AvgIpc) is 3.46. The molecule has 0 atom stereocenters. The normalized spacial score (nSPS) is 10.3. The zero-order valence-corrected chi connectivity index (χ0v) is 16.5. The Morgan fingerprint density at radius 1 is 1.10 bits per heavy atom. The highest BCUT2D eigenvalue weighted by atomic mass is 19.1. The molecule has 2 aromatic heterocycles. The van der Waals surface area contributed by atoms with Crippen LogP contribution < -0.4 is 4.74 Å². The molecule has 0 saturated carbocycles. The summed E-state index contributed by atoms with van der Waals surface area (Å²) in [4.78, 5) is 26.0. The van der Waals surface area contributed by atoms with Gasteiger partial charge in [-0.05, 0) is 48.5 Å². The Bertz CT molecular complexity index is 1040. The van der Waals surface area contributed by atoms with E-state index in [-0.39, 0.29) is 37.7 Å². The van der Waals surface area contributed by atoms with Gasteiger partial charge in [-0.3, -0.25) is 4.79 Å². The van der Waals surface area contributed by atoms with E-state index in [1.54, 1.807) is 12.1 Å². The van der Waals surface area contributed by atoms with Crippen LogP contribution in [0.5, 0.6) is 5.75 Å². The number of ether oxygens (including phenoxy) is 2. The molecule has 0 saturated heterocycles. The average molecular weight is 426 g/mol. The van der Waals surface area contributed by atoms with Crippen molar-refractivity contribution in [2.75, 3.05) is 13.2 Å². The molecule has 0 unspecified atom stereocenters. The number of carbonyl (C=O) groups is 2. The van der Waals surface area contributed by atoms with Gasteiger partial charge >= 0.3 is 5.97 Å². The Morgan fingerprint density at radius 3 is 2.61 bits per heavy atom.